The Morgan fingerprint density at radius 3 is 2.36 bits per heavy atom. The molecule has 1 heterocycles. The van der Waals surface area contributed by atoms with E-state index in [0.717, 1.165) is 0 Å². The standard InChI is InChI=1S/C21H20O7/c1-21(2,20(23)24)12-27-15-8-9-16-17(10-15)26-11-18(19(16)22)28-14-6-4-13(25-3)5-7-14/h4-11H,12H2,1-3H3,(H,23,24). The number of carboxylic acid groups (broad SMARTS) is 1. The maximum absolute atomic E-state index is 12.6. The molecule has 0 aliphatic heterocycles. The molecular weight excluding hydrogens is 364 g/mol. The van der Waals surface area contributed by atoms with Gasteiger partial charge in [-0.15, -0.1) is 0 Å². The summed E-state index contributed by atoms with van der Waals surface area (Å²) in [6.45, 7) is 3.12. The van der Waals surface area contributed by atoms with Crippen LogP contribution in [0.2, 0.25) is 0 Å². The first-order valence-electron chi connectivity index (χ1n) is 8.54. The third-order valence-electron chi connectivity index (χ3n) is 4.18. The van der Waals surface area contributed by atoms with Crippen LogP contribution in [0.4, 0.5) is 0 Å². The second kappa shape index (κ2) is 7.64. The average Bonchev–Trinajstić information content (AvgIpc) is 2.69. The first-order valence-corrected chi connectivity index (χ1v) is 8.54. The Morgan fingerprint density at radius 1 is 1.07 bits per heavy atom. The van der Waals surface area contributed by atoms with Gasteiger partial charge in [-0.25, -0.2) is 0 Å². The summed E-state index contributed by atoms with van der Waals surface area (Å²) in [6, 6.07) is 11.5. The van der Waals surface area contributed by atoms with Crippen molar-refractivity contribution in [3.05, 3.63) is 59.0 Å². The van der Waals surface area contributed by atoms with Crippen molar-refractivity contribution < 1.29 is 28.5 Å². The Morgan fingerprint density at radius 2 is 1.71 bits per heavy atom. The molecule has 0 bridgehead atoms. The van der Waals surface area contributed by atoms with Crippen molar-refractivity contribution in [2.24, 2.45) is 5.41 Å². The van der Waals surface area contributed by atoms with Crippen LogP contribution in [0.15, 0.2) is 57.9 Å². The van der Waals surface area contributed by atoms with Gasteiger partial charge in [-0.1, -0.05) is 0 Å². The highest BCUT2D eigenvalue weighted by Crippen LogP contribution is 2.26. The Hall–Kier alpha value is -3.48. The molecule has 7 heteroatoms. The van der Waals surface area contributed by atoms with Gasteiger partial charge in [0.25, 0.3) is 0 Å². The highest BCUT2D eigenvalue weighted by atomic mass is 16.5. The predicted octanol–water partition coefficient (Wildman–Crippen LogP) is 4.08. The molecule has 1 aromatic heterocycles. The van der Waals surface area contributed by atoms with E-state index in [9.17, 15) is 9.59 Å². The number of aliphatic carboxylic acids is 1. The number of fused-ring (bicyclic) bond motifs is 1. The van der Waals surface area contributed by atoms with E-state index in [1.165, 1.54) is 6.26 Å². The number of hydrogen-bond donors (Lipinski definition) is 1. The van der Waals surface area contributed by atoms with E-state index in [2.05, 4.69) is 0 Å². The van der Waals surface area contributed by atoms with Gasteiger partial charge in [-0.3, -0.25) is 9.59 Å². The van der Waals surface area contributed by atoms with Crippen molar-refractivity contribution in [3.63, 3.8) is 0 Å². The summed E-state index contributed by atoms with van der Waals surface area (Å²) in [5, 5.41) is 9.48. The van der Waals surface area contributed by atoms with E-state index in [-0.39, 0.29) is 17.8 Å². The molecule has 7 nitrogen and oxygen atoms in total. The molecule has 3 rings (SSSR count). The lowest BCUT2D eigenvalue weighted by molar-refractivity contribution is -0.148. The van der Waals surface area contributed by atoms with Crippen LogP contribution in [0.5, 0.6) is 23.0 Å². The van der Waals surface area contributed by atoms with Crippen LogP contribution in [0.1, 0.15) is 13.8 Å². The number of carboxylic acids is 1. The Kier molecular flexibility index (Phi) is 5.26. The molecule has 0 radical (unpaired) electrons. The van der Waals surface area contributed by atoms with Crippen molar-refractivity contribution in [1.29, 1.82) is 0 Å². The molecule has 0 unspecified atom stereocenters. The van der Waals surface area contributed by atoms with Crippen LogP contribution >= 0.6 is 0 Å². The SMILES string of the molecule is COc1ccc(Oc2coc3cc(OCC(C)(C)C(=O)O)ccc3c2=O)cc1. The molecule has 0 spiro atoms. The molecule has 0 aliphatic carbocycles. The average molecular weight is 384 g/mol. The van der Waals surface area contributed by atoms with Crippen LogP contribution in [0.3, 0.4) is 0 Å². The Balaban J connectivity index is 1.82. The van der Waals surface area contributed by atoms with Crippen molar-refractivity contribution in [2.75, 3.05) is 13.7 Å². The fourth-order valence-electron chi connectivity index (χ4n) is 2.35. The van der Waals surface area contributed by atoms with Gasteiger partial charge >= 0.3 is 5.97 Å². The smallest absolute Gasteiger partial charge is 0.312 e. The fraction of sp³-hybridized carbons (Fsp3) is 0.238. The summed E-state index contributed by atoms with van der Waals surface area (Å²) >= 11 is 0. The van der Waals surface area contributed by atoms with Gasteiger partial charge in [0.1, 0.15) is 35.7 Å². The van der Waals surface area contributed by atoms with Gasteiger partial charge in [0, 0.05) is 6.07 Å². The zero-order chi connectivity index (χ0) is 20.3. The number of ether oxygens (including phenoxy) is 3. The molecule has 3 aromatic rings. The van der Waals surface area contributed by atoms with Crippen LogP contribution in [-0.2, 0) is 4.79 Å². The van der Waals surface area contributed by atoms with Crippen LogP contribution in [-0.4, -0.2) is 24.8 Å². The lowest BCUT2D eigenvalue weighted by Crippen LogP contribution is -2.30. The van der Waals surface area contributed by atoms with Crippen LogP contribution in [0.25, 0.3) is 11.0 Å². The molecule has 0 saturated heterocycles. The van der Waals surface area contributed by atoms with E-state index in [1.54, 1.807) is 63.4 Å². The molecule has 28 heavy (non-hydrogen) atoms. The van der Waals surface area contributed by atoms with Gasteiger partial charge in [0.05, 0.1) is 17.9 Å². The van der Waals surface area contributed by atoms with Crippen LogP contribution < -0.4 is 19.6 Å². The van der Waals surface area contributed by atoms with E-state index in [4.69, 9.17) is 23.7 Å². The molecular formula is C21H20O7. The summed E-state index contributed by atoms with van der Waals surface area (Å²) in [5.41, 5.74) is -1.04. The van der Waals surface area contributed by atoms with Crippen molar-refractivity contribution >= 4 is 16.9 Å². The summed E-state index contributed by atoms with van der Waals surface area (Å²) in [5.74, 6) is 0.659. The number of methoxy groups -OCH3 is 1. The first-order chi connectivity index (χ1) is 13.3. The van der Waals surface area contributed by atoms with Gasteiger partial charge in [-0.2, -0.15) is 0 Å². The van der Waals surface area contributed by atoms with Crippen molar-refractivity contribution in [3.8, 4) is 23.0 Å². The Labute approximate surface area is 161 Å². The van der Waals surface area contributed by atoms with Crippen LogP contribution in [0, 0.1) is 5.41 Å². The predicted molar refractivity (Wildman–Crippen MR) is 102 cm³/mol. The minimum atomic E-state index is -1.04. The van der Waals surface area contributed by atoms with Crippen molar-refractivity contribution in [1.82, 2.24) is 0 Å². The number of carbonyl (C=O) groups is 1. The first kappa shape index (κ1) is 19.3. The largest absolute Gasteiger partial charge is 0.497 e. The summed E-state index contributed by atoms with van der Waals surface area (Å²) in [6.07, 6.45) is 1.24. The molecule has 0 amide bonds. The number of benzene rings is 2. The van der Waals surface area contributed by atoms with Gasteiger partial charge in [0.15, 0.2) is 0 Å². The molecule has 2 aromatic carbocycles. The van der Waals surface area contributed by atoms with Crippen molar-refractivity contribution in [2.45, 2.75) is 13.8 Å². The minimum Gasteiger partial charge on any atom is -0.497 e. The third kappa shape index (κ3) is 4.09. The highest BCUT2D eigenvalue weighted by Gasteiger charge is 2.28. The van der Waals surface area contributed by atoms with E-state index in [1.807, 2.05) is 0 Å². The normalized spacial score (nSPS) is 11.2. The Bertz CT molecular complexity index is 1050. The molecule has 1 N–H and O–H groups in total. The van der Waals surface area contributed by atoms with E-state index >= 15 is 0 Å². The molecule has 0 atom stereocenters. The monoisotopic (exact) mass is 384 g/mol. The number of hydrogen-bond acceptors (Lipinski definition) is 6. The molecule has 146 valence electrons. The number of rotatable bonds is 7. The summed E-state index contributed by atoms with van der Waals surface area (Å²) < 4.78 is 21.7. The second-order valence-corrected chi connectivity index (χ2v) is 6.84. The van der Waals surface area contributed by atoms with E-state index in [0.29, 0.717) is 28.2 Å². The topological polar surface area (TPSA) is 95.2 Å². The summed E-state index contributed by atoms with van der Waals surface area (Å²) in [7, 11) is 1.56. The maximum atomic E-state index is 12.6. The van der Waals surface area contributed by atoms with E-state index < -0.39 is 11.4 Å². The lowest BCUT2D eigenvalue weighted by atomic mass is 9.95. The molecule has 0 saturated carbocycles. The van der Waals surface area contributed by atoms with Gasteiger partial charge < -0.3 is 23.7 Å². The lowest BCUT2D eigenvalue weighted by Gasteiger charge is -2.19. The minimum absolute atomic E-state index is 0.0171. The quantitative estimate of drug-likeness (QED) is 0.656. The molecule has 0 aliphatic rings. The third-order valence-corrected chi connectivity index (χ3v) is 4.18. The van der Waals surface area contributed by atoms with Gasteiger partial charge in [-0.05, 0) is 50.2 Å². The maximum Gasteiger partial charge on any atom is 0.312 e. The fourth-order valence-corrected chi connectivity index (χ4v) is 2.35. The highest BCUT2D eigenvalue weighted by molar-refractivity contribution is 5.79. The zero-order valence-electron chi connectivity index (χ0n) is 15.7. The zero-order valence-corrected chi connectivity index (χ0v) is 15.7. The summed E-state index contributed by atoms with van der Waals surface area (Å²) in [4.78, 5) is 23.8. The van der Waals surface area contributed by atoms with Gasteiger partial charge in [0.2, 0.25) is 11.2 Å². The second-order valence-electron chi connectivity index (χ2n) is 6.84. The molecule has 0 fully saturated rings.